The van der Waals surface area contributed by atoms with E-state index >= 15 is 0 Å². The Morgan fingerprint density at radius 1 is 1.14 bits per heavy atom. The molecule has 4 aliphatic carbocycles. The standard InChI is InChI=1S/C24H37N3O2/c1-29-12-11-27(23(28)26-7-2-3-19-4-8-25-9-5-19)10-6-24-16-20-13-21(17-24)15-22(14-20)18-24/h4-5,8-9,20-22H,2-3,6-7,10-18H2,1H3,(H,26,28). The normalized spacial score (nSPS) is 29.8. The highest BCUT2D eigenvalue weighted by Gasteiger charge is 2.50. The Balaban J connectivity index is 1.25. The van der Waals surface area contributed by atoms with Crippen molar-refractivity contribution in [2.75, 3.05) is 33.4 Å². The lowest BCUT2D eigenvalue weighted by Crippen LogP contribution is -2.49. The van der Waals surface area contributed by atoms with Crippen molar-refractivity contribution in [1.82, 2.24) is 15.2 Å². The van der Waals surface area contributed by atoms with E-state index in [0.717, 1.165) is 37.1 Å². The van der Waals surface area contributed by atoms with Crippen molar-refractivity contribution in [3.63, 3.8) is 0 Å². The lowest BCUT2D eigenvalue weighted by Gasteiger charge is -2.57. The molecule has 5 nitrogen and oxygen atoms in total. The molecule has 0 unspecified atom stereocenters. The number of urea groups is 1. The maximum Gasteiger partial charge on any atom is 0.317 e. The van der Waals surface area contributed by atoms with Gasteiger partial charge in [0.15, 0.2) is 0 Å². The minimum absolute atomic E-state index is 0.0708. The molecule has 4 fully saturated rings. The van der Waals surface area contributed by atoms with E-state index in [4.69, 9.17) is 4.74 Å². The Morgan fingerprint density at radius 3 is 2.41 bits per heavy atom. The van der Waals surface area contributed by atoms with Gasteiger partial charge in [-0.2, -0.15) is 0 Å². The van der Waals surface area contributed by atoms with E-state index in [1.807, 2.05) is 29.4 Å². The van der Waals surface area contributed by atoms with Crippen LogP contribution in [0.15, 0.2) is 24.5 Å². The monoisotopic (exact) mass is 399 g/mol. The first-order valence-corrected chi connectivity index (χ1v) is 11.6. The van der Waals surface area contributed by atoms with Crippen LogP contribution in [0.3, 0.4) is 0 Å². The fourth-order valence-corrected chi connectivity index (χ4v) is 6.63. The fraction of sp³-hybridized carbons (Fsp3) is 0.750. The third kappa shape index (κ3) is 5.30. The first-order chi connectivity index (χ1) is 14.2. The number of nitrogens with zero attached hydrogens (tertiary/aromatic N) is 2. The van der Waals surface area contributed by atoms with E-state index < -0.39 is 0 Å². The molecular formula is C24H37N3O2. The SMILES string of the molecule is COCCN(CCC12CC3CC(CC(C3)C1)C2)C(=O)NCCCc1ccncc1. The number of hydrogen-bond donors (Lipinski definition) is 1. The van der Waals surface area contributed by atoms with Crippen LogP contribution in [0.2, 0.25) is 0 Å². The molecule has 1 aromatic heterocycles. The summed E-state index contributed by atoms with van der Waals surface area (Å²) in [7, 11) is 1.71. The lowest BCUT2D eigenvalue weighted by molar-refractivity contribution is -0.0599. The zero-order chi connectivity index (χ0) is 20.1. The minimum atomic E-state index is 0.0708. The minimum Gasteiger partial charge on any atom is -0.383 e. The molecule has 1 heterocycles. The molecule has 29 heavy (non-hydrogen) atoms. The van der Waals surface area contributed by atoms with Gasteiger partial charge in [0.05, 0.1) is 6.61 Å². The van der Waals surface area contributed by atoms with Gasteiger partial charge in [0.25, 0.3) is 0 Å². The average molecular weight is 400 g/mol. The number of amides is 2. The van der Waals surface area contributed by atoms with Gasteiger partial charge >= 0.3 is 6.03 Å². The Morgan fingerprint density at radius 2 is 1.79 bits per heavy atom. The highest BCUT2D eigenvalue weighted by molar-refractivity contribution is 5.74. The van der Waals surface area contributed by atoms with E-state index in [2.05, 4.69) is 10.3 Å². The van der Waals surface area contributed by atoms with Crippen molar-refractivity contribution in [3.05, 3.63) is 30.1 Å². The van der Waals surface area contributed by atoms with E-state index in [1.165, 1.54) is 50.5 Å². The third-order valence-electron chi connectivity index (χ3n) is 7.60. The highest BCUT2D eigenvalue weighted by atomic mass is 16.5. The summed E-state index contributed by atoms with van der Waals surface area (Å²) in [5.74, 6) is 2.90. The zero-order valence-electron chi connectivity index (χ0n) is 17.9. The second-order valence-electron chi connectivity index (χ2n) is 9.84. The Kier molecular flexibility index (Phi) is 6.74. The lowest BCUT2D eigenvalue weighted by atomic mass is 9.49. The second kappa shape index (κ2) is 9.46. The molecular weight excluding hydrogens is 362 g/mol. The van der Waals surface area contributed by atoms with Gasteiger partial charge in [0, 0.05) is 39.1 Å². The van der Waals surface area contributed by atoms with Crippen molar-refractivity contribution < 1.29 is 9.53 Å². The summed E-state index contributed by atoms with van der Waals surface area (Å²) in [6, 6.07) is 4.15. The van der Waals surface area contributed by atoms with Crippen molar-refractivity contribution in [2.45, 2.75) is 57.8 Å². The van der Waals surface area contributed by atoms with Gasteiger partial charge in [-0.3, -0.25) is 4.98 Å². The number of rotatable bonds is 10. The van der Waals surface area contributed by atoms with Crippen LogP contribution in [0.25, 0.3) is 0 Å². The van der Waals surface area contributed by atoms with Crippen molar-refractivity contribution >= 4 is 6.03 Å². The molecule has 1 aromatic rings. The molecule has 0 saturated heterocycles. The smallest absolute Gasteiger partial charge is 0.317 e. The molecule has 4 aliphatic rings. The van der Waals surface area contributed by atoms with E-state index in [9.17, 15) is 4.79 Å². The molecule has 0 aromatic carbocycles. The number of hydrogen-bond acceptors (Lipinski definition) is 3. The quantitative estimate of drug-likeness (QED) is 0.598. The molecule has 0 spiro atoms. The number of aryl methyl sites for hydroxylation is 1. The maximum absolute atomic E-state index is 12.8. The van der Waals surface area contributed by atoms with Crippen molar-refractivity contribution in [2.24, 2.45) is 23.2 Å². The molecule has 1 N–H and O–H groups in total. The Hall–Kier alpha value is -1.62. The van der Waals surface area contributed by atoms with Crippen LogP contribution in [-0.4, -0.2) is 49.3 Å². The number of aromatic nitrogens is 1. The summed E-state index contributed by atoms with van der Waals surface area (Å²) >= 11 is 0. The number of pyridine rings is 1. The van der Waals surface area contributed by atoms with E-state index in [-0.39, 0.29) is 6.03 Å². The van der Waals surface area contributed by atoms with Crippen LogP contribution in [0.5, 0.6) is 0 Å². The summed E-state index contributed by atoms with van der Waals surface area (Å²) < 4.78 is 5.27. The number of carbonyl (C=O) groups is 1. The van der Waals surface area contributed by atoms with Crippen LogP contribution in [0.4, 0.5) is 4.79 Å². The third-order valence-corrected chi connectivity index (χ3v) is 7.60. The fourth-order valence-electron chi connectivity index (χ4n) is 6.63. The van der Waals surface area contributed by atoms with Crippen LogP contribution in [0.1, 0.15) is 56.9 Å². The molecule has 0 radical (unpaired) electrons. The molecule has 4 saturated carbocycles. The largest absolute Gasteiger partial charge is 0.383 e. The molecule has 4 bridgehead atoms. The summed E-state index contributed by atoms with van der Waals surface area (Å²) in [6.45, 7) is 2.86. The number of nitrogens with one attached hydrogen (secondary N) is 1. The average Bonchev–Trinajstić information content (AvgIpc) is 2.71. The molecule has 0 atom stereocenters. The number of ether oxygens (including phenoxy) is 1. The number of methoxy groups -OCH3 is 1. The van der Waals surface area contributed by atoms with Gasteiger partial charge in [0.2, 0.25) is 0 Å². The summed E-state index contributed by atoms with van der Waals surface area (Å²) in [5, 5.41) is 3.14. The zero-order valence-corrected chi connectivity index (χ0v) is 17.9. The van der Waals surface area contributed by atoms with Crippen LogP contribution in [-0.2, 0) is 11.2 Å². The topological polar surface area (TPSA) is 54.5 Å². The van der Waals surface area contributed by atoms with Crippen molar-refractivity contribution in [3.8, 4) is 0 Å². The highest BCUT2D eigenvalue weighted by Crippen LogP contribution is 2.61. The van der Waals surface area contributed by atoms with Gasteiger partial charge in [-0.25, -0.2) is 4.79 Å². The van der Waals surface area contributed by atoms with E-state index in [0.29, 0.717) is 25.1 Å². The summed E-state index contributed by atoms with van der Waals surface area (Å²) in [6.07, 6.45) is 15.4. The van der Waals surface area contributed by atoms with E-state index in [1.54, 1.807) is 7.11 Å². The van der Waals surface area contributed by atoms with Gasteiger partial charge in [-0.1, -0.05) is 0 Å². The number of carbonyl (C=O) groups excluding carboxylic acids is 1. The predicted molar refractivity (Wildman–Crippen MR) is 115 cm³/mol. The molecule has 5 heteroatoms. The Labute approximate surface area is 175 Å². The van der Waals surface area contributed by atoms with Gasteiger partial charge in [-0.05, 0) is 98.7 Å². The van der Waals surface area contributed by atoms with Gasteiger partial charge < -0.3 is 15.0 Å². The Bertz CT molecular complexity index is 628. The predicted octanol–water partition coefficient (Wildman–Crippen LogP) is 4.28. The van der Waals surface area contributed by atoms with Gasteiger partial charge in [-0.15, -0.1) is 0 Å². The van der Waals surface area contributed by atoms with Crippen LogP contribution < -0.4 is 5.32 Å². The summed E-state index contributed by atoms with van der Waals surface area (Å²) in [4.78, 5) is 18.9. The molecule has 5 rings (SSSR count). The second-order valence-corrected chi connectivity index (χ2v) is 9.84. The molecule has 0 aliphatic heterocycles. The first kappa shape index (κ1) is 20.6. The molecule has 160 valence electrons. The van der Waals surface area contributed by atoms with Crippen LogP contribution in [0, 0.1) is 23.2 Å². The summed E-state index contributed by atoms with van der Waals surface area (Å²) in [5.41, 5.74) is 1.79. The maximum atomic E-state index is 12.8. The molecule has 2 amide bonds. The van der Waals surface area contributed by atoms with Crippen LogP contribution >= 0.6 is 0 Å². The first-order valence-electron chi connectivity index (χ1n) is 11.6. The van der Waals surface area contributed by atoms with Crippen molar-refractivity contribution in [1.29, 1.82) is 0 Å². The van der Waals surface area contributed by atoms with Gasteiger partial charge in [0.1, 0.15) is 0 Å².